The minimum atomic E-state index is 1.09. The van der Waals surface area contributed by atoms with Crippen molar-refractivity contribution in [2.75, 3.05) is 4.90 Å². The molecule has 0 saturated heterocycles. The second-order valence-corrected chi connectivity index (χ2v) is 15.3. The molecule has 0 aliphatic heterocycles. The summed E-state index contributed by atoms with van der Waals surface area (Å²) in [6, 6.07) is 86.1. The fourth-order valence-electron chi connectivity index (χ4n) is 9.01. The van der Waals surface area contributed by atoms with Crippen LogP contribution in [0.5, 0.6) is 0 Å². The van der Waals surface area contributed by atoms with E-state index in [0.29, 0.717) is 0 Å². The van der Waals surface area contributed by atoms with Crippen molar-refractivity contribution in [3.63, 3.8) is 0 Å². The van der Waals surface area contributed by atoms with E-state index in [1.807, 2.05) is 0 Å². The highest BCUT2D eigenvalue weighted by Gasteiger charge is 2.17. The van der Waals surface area contributed by atoms with E-state index < -0.39 is 0 Å². The Bertz CT molecular complexity index is 3260. The summed E-state index contributed by atoms with van der Waals surface area (Å²) in [5, 5.41) is 10.2. The van der Waals surface area contributed by atoms with Gasteiger partial charge in [0.15, 0.2) is 0 Å². The Kier molecular flexibility index (Phi) is 8.56. The molecule has 11 aromatic carbocycles. The van der Waals surface area contributed by atoms with Gasteiger partial charge in [0.2, 0.25) is 0 Å². The normalized spacial score (nSPS) is 11.4. The Morgan fingerprint density at radius 1 is 0.220 bits per heavy atom. The number of nitrogens with zero attached hydrogens (tertiary/aromatic N) is 1. The summed E-state index contributed by atoms with van der Waals surface area (Å²) in [5.74, 6) is 0. The van der Waals surface area contributed by atoms with Crippen LogP contribution < -0.4 is 4.90 Å². The lowest BCUT2D eigenvalue weighted by Gasteiger charge is -2.27. The molecule has 0 bridgehead atoms. The van der Waals surface area contributed by atoms with Crippen LogP contribution in [0.25, 0.3) is 87.6 Å². The van der Waals surface area contributed by atoms with Crippen LogP contribution in [0, 0.1) is 0 Å². The molecule has 0 heterocycles. The van der Waals surface area contributed by atoms with Gasteiger partial charge in [-0.1, -0.05) is 194 Å². The Morgan fingerprint density at radius 2 is 0.678 bits per heavy atom. The van der Waals surface area contributed by atoms with E-state index >= 15 is 0 Å². The molecule has 1 nitrogen and oxygen atoms in total. The fourth-order valence-corrected chi connectivity index (χ4v) is 9.01. The lowest BCUT2D eigenvalue weighted by molar-refractivity contribution is 1.28. The van der Waals surface area contributed by atoms with Crippen molar-refractivity contribution in [1.29, 1.82) is 0 Å². The molecule has 0 amide bonds. The largest absolute Gasteiger partial charge is 0.310 e. The zero-order valence-electron chi connectivity index (χ0n) is 32.5. The summed E-state index contributed by atoms with van der Waals surface area (Å²) in [6.45, 7) is 0. The van der Waals surface area contributed by atoms with E-state index in [0.717, 1.165) is 17.1 Å². The molecule has 11 aromatic rings. The van der Waals surface area contributed by atoms with Gasteiger partial charge < -0.3 is 4.90 Å². The van der Waals surface area contributed by atoms with Crippen LogP contribution in [0.3, 0.4) is 0 Å². The predicted molar refractivity (Wildman–Crippen MR) is 253 cm³/mol. The second-order valence-electron chi connectivity index (χ2n) is 15.3. The standard InChI is InChI=1S/C58H39N/c1-3-14-40(15-4-1)45-19-13-20-49(38-45)59(48-34-28-44(29-35-48)58-50-21-8-7-18-43(50)30-36-51(58)42-16-5-2-6-17-42)47-32-26-41(27-33-47)46-31-37-56-54-24-10-9-22-52(54)53-23-11-12-25-55(53)57(56)39-46/h1-39H. The van der Waals surface area contributed by atoms with Crippen molar-refractivity contribution in [1.82, 2.24) is 0 Å². The van der Waals surface area contributed by atoms with Gasteiger partial charge in [-0.2, -0.15) is 0 Å². The third kappa shape index (κ3) is 6.21. The first-order valence-corrected chi connectivity index (χ1v) is 20.3. The lowest BCUT2D eigenvalue weighted by Crippen LogP contribution is -2.10. The molecular formula is C58H39N. The van der Waals surface area contributed by atoms with Gasteiger partial charge >= 0.3 is 0 Å². The van der Waals surface area contributed by atoms with E-state index in [2.05, 4.69) is 241 Å². The molecule has 0 aliphatic carbocycles. The smallest absolute Gasteiger partial charge is 0.0467 e. The number of hydrogen-bond donors (Lipinski definition) is 0. The van der Waals surface area contributed by atoms with Crippen molar-refractivity contribution >= 4 is 60.2 Å². The van der Waals surface area contributed by atoms with Gasteiger partial charge in [0.25, 0.3) is 0 Å². The molecule has 0 atom stereocenters. The molecule has 276 valence electrons. The van der Waals surface area contributed by atoms with E-state index in [1.165, 1.54) is 87.6 Å². The number of fused-ring (bicyclic) bond motifs is 7. The second kappa shape index (κ2) is 14.6. The Hall–Kier alpha value is -7.74. The monoisotopic (exact) mass is 749 g/mol. The van der Waals surface area contributed by atoms with Crippen LogP contribution in [0.2, 0.25) is 0 Å². The van der Waals surface area contributed by atoms with Gasteiger partial charge in [0.05, 0.1) is 0 Å². The molecule has 0 N–H and O–H groups in total. The fraction of sp³-hybridized carbons (Fsp3) is 0. The maximum absolute atomic E-state index is 2.38. The van der Waals surface area contributed by atoms with Gasteiger partial charge in [-0.3, -0.25) is 0 Å². The predicted octanol–water partition coefficient (Wildman–Crippen LogP) is 16.4. The first-order chi connectivity index (χ1) is 29.3. The van der Waals surface area contributed by atoms with Crippen LogP contribution in [-0.2, 0) is 0 Å². The van der Waals surface area contributed by atoms with E-state index in [1.54, 1.807) is 0 Å². The minimum absolute atomic E-state index is 1.09. The highest BCUT2D eigenvalue weighted by atomic mass is 15.1. The van der Waals surface area contributed by atoms with Crippen LogP contribution in [0.1, 0.15) is 0 Å². The first-order valence-electron chi connectivity index (χ1n) is 20.3. The summed E-state index contributed by atoms with van der Waals surface area (Å²) in [7, 11) is 0. The molecule has 59 heavy (non-hydrogen) atoms. The minimum Gasteiger partial charge on any atom is -0.310 e. The molecule has 0 aromatic heterocycles. The van der Waals surface area contributed by atoms with E-state index in [9.17, 15) is 0 Å². The number of anilines is 3. The molecule has 0 spiro atoms. The van der Waals surface area contributed by atoms with Crippen LogP contribution in [0.15, 0.2) is 237 Å². The number of benzene rings is 11. The molecule has 0 aliphatic rings. The highest BCUT2D eigenvalue weighted by molar-refractivity contribution is 6.25. The average Bonchev–Trinajstić information content (AvgIpc) is 3.32. The molecule has 0 unspecified atom stereocenters. The molecule has 0 radical (unpaired) electrons. The molecular weight excluding hydrogens is 711 g/mol. The molecule has 0 saturated carbocycles. The van der Waals surface area contributed by atoms with Gasteiger partial charge in [-0.05, 0) is 130 Å². The molecule has 1 heteroatoms. The average molecular weight is 750 g/mol. The quantitative estimate of drug-likeness (QED) is 0.147. The lowest BCUT2D eigenvalue weighted by atomic mass is 9.89. The van der Waals surface area contributed by atoms with Gasteiger partial charge in [-0.25, -0.2) is 0 Å². The maximum Gasteiger partial charge on any atom is 0.0467 e. The van der Waals surface area contributed by atoms with E-state index in [-0.39, 0.29) is 0 Å². The van der Waals surface area contributed by atoms with Crippen molar-refractivity contribution in [3.8, 4) is 44.5 Å². The third-order valence-corrected chi connectivity index (χ3v) is 11.8. The topological polar surface area (TPSA) is 3.24 Å². The number of hydrogen-bond acceptors (Lipinski definition) is 1. The summed E-state index contributed by atoms with van der Waals surface area (Å²) < 4.78 is 0. The van der Waals surface area contributed by atoms with Gasteiger partial charge in [0, 0.05) is 17.1 Å². The Morgan fingerprint density at radius 3 is 1.32 bits per heavy atom. The van der Waals surface area contributed by atoms with Gasteiger partial charge in [0.1, 0.15) is 0 Å². The zero-order valence-corrected chi connectivity index (χ0v) is 32.5. The van der Waals surface area contributed by atoms with Gasteiger partial charge in [-0.15, -0.1) is 0 Å². The van der Waals surface area contributed by atoms with Crippen molar-refractivity contribution in [3.05, 3.63) is 237 Å². The Balaban J connectivity index is 1.03. The van der Waals surface area contributed by atoms with Crippen LogP contribution in [-0.4, -0.2) is 0 Å². The first kappa shape index (κ1) is 34.5. The summed E-state index contributed by atoms with van der Waals surface area (Å²) in [5.41, 5.74) is 12.9. The van der Waals surface area contributed by atoms with E-state index in [4.69, 9.17) is 0 Å². The van der Waals surface area contributed by atoms with Crippen LogP contribution in [0.4, 0.5) is 17.1 Å². The highest BCUT2D eigenvalue weighted by Crippen LogP contribution is 2.43. The number of rotatable bonds is 7. The Labute approximate surface area is 344 Å². The van der Waals surface area contributed by atoms with Crippen molar-refractivity contribution in [2.45, 2.75) is 0 Å². The third-order valence-electron chi connectivity index (χ3n) is 11.8. The van der Waals surface area contributed by atoms with Crippen molar-refractivity contribution < 1.29 is 0 Å². The molecule has 0 fully saturated rings. The van der Waals surface area contributed by atoms with Crippen molar-refractivity contribution in [2.24, 2.45) is 0 Å². The maximum atomic E-state index is 2.38. The summed E-state index contributed by atoms with van der Waals surface area (Å²) >= 11 is 0. The van der Waals surface area contributed by atoms with Crippen LogP contribution >= 0.6 is 0 Å². The SMILES string of the molecule is c1ccc(-c2cccc(N(c3ccc(-c4ccc5c6ccccc6c6ccccc6c5c4)cc3)c3ccc(-c4c(-c5ccccc5)ccc5ccccc45)cc3)c2)cc1. The summed E-state index contributed by atoms with van der Waals surface area (Å²) in [4.78, 5) is 2.38. The zero-order chi connectivity index (χ0) is 39.1. The molecule has 11 rings (SSSR count). The summed E-state index contributed by atoms with van der Waals surface area (Å²) in [6.07, 6.45) is 0.